The maximum Gasteiger partial charge on any atom is 0.222 e. The molecule has 4 N–H and O–H groups in total. The first kappa shape index (κ1) is 12.0. The van der Waals surface area contributed by atoms with E-state index in [2.05, 4.69) is 15.3 Å². The molecule has 1 aromatic heterocycles. The van der Waals surface area contributed by atoms with Crippen molar-refractivity contribution in [3.8, 4) is 0 Å². The Morgan fingerprint density at radius 2 is 2.27 bits per heavy atom. The molecular weight excluding hydrogens is 216 g/mol. The molecule has 0 atom stereocenters. The van der Waals surface area contributed by atoms with Crippen molar-refractivity contribution >= 4 is 23.4 Å². The maximum atomic E-state index is 9.07. The number of nitrogens with zero attached hydrogens (tertiary/aromatic N) is 2. The fraction of sp³-hybridized carbons (Fsp3) is 0.556. The Bertz CT molecular complexity index is 343. The molecule has 1 rings (SSSR count). The van der Waals surface area contributed by atoms with Crippen molar-refractivity contribution in [1.82, 2.24) is 9.97 Å². The highest BCUT2D eigenvalue weighted by Gasteiger charge is 2.17. The van der Waals surface area contributed by atoms with Crippen molar-refractivity contribution in [1.29, 1.82) is 0 Å². The lowest BCUT2D eigenvalue weighted by atomic mass is 9.95. The third-order valence-corrected chi connectivity index (χ3v) is 2.20. The summed E-state index contributed by atoms with van der Waals surface area (Å²) in [5.74, 6) is 0.661. The van der Waals surface area contributed by atoms with Gasteiger partial charge in [0.2, 0.25) is 5.95 Å². The van der Waals surface area contributed by atoms with E-state index in [-0.39, 0.29) is 18.0 Å². The number of aromatic nitrogens is 2. The maximum absolute atomic E-state index is 9.07. The van der Waals surface area contributed by atoms with Gasteiger partial charge in [0.25, 0.3) is 0 Å². The number of hydrogen-bond acceptors (Lipinski definition) is 5. The van der Waals surface area contributed by atoms with Gasteiger partial charge in [-0.15, -0.1) is 0 Å². The molecule has 84 valence electrons. The summed E-state index contributed by atoms with van der Waals surface area (Å²) in [5.41, 5.74) is 5.20. The number of nitrogen functional groups attached to an aromatic ring is 1. The van der Waals surface area contributed by atoms with E-state index in [0.29, 0.717) is 17.4 Å². The standard InChI is InChI=1S/C9H15ClN4O/c1-9(2,5-15)4-13-7-6(10)3-12-8(11)14-7/h3,15H,4-5H2,1-2H3,(H3,11,12,13,14). The van der Waals surface area contributed by atoms with Gasteiger partial charge in [0.05, 0.1) is 6.20 Å². The molecular formula is C9H15ClN4O. The molecule has 1 aromatic rings. The Morgan fingerprint density at radius 3 is 2.87 bits per heavy atom. The van der Waals surface area contributed by atoms with Crippen molar-refractivity contribution in [2.45, 2.75) is 13.8 Å². The van der Waals surface area contributed by atoms with Gasteiger partial charge in [-0.1, -0.05) is 25.4 Å². The first-order valence-corrected chi connectivity index (χ1v) is 4.95. The highest BCUT2D eigenvalue weighted by Crippen LogP contribution is 2.21. The predicted octanol–water partition coefficient (Wildman–Crippen LogP) is 1.14. The van der Waals surface area contributed by atoms with Crippen LogP contribution in [0.2, 0.25) is 5.02 Å². The summed E-state index contributed by atoms with van der Waals surface area (Å²) in [7, 11) is 0. The van der Waals surface area contributed by atoms with Crippen LogP contribution >= 0.6 is 11.6 Å². The first-order valence-electron chi connectivity index (χ1n) is 4.57. The number of rotatable bonds is 4. The summed E-state index contributed by atoms with van der Waals surface area (Å²) < 4.78 is 0. The number of nitrogens with one attached hydrogen (secondary N) is 1. The quantitative estimate of drug-likeness (QED) is 0.723. The monoisotopic (exact) mass is 230 g/mol. The molecule has 0 saturated carbocycles. The minimum Gasteiger partial charge on any atom is -0.396 e. The number of anilines is 2. The Labute approximate surface area is 93.7 Å². The van der Waals surface area contributed by atoms with Gasteiger partial charge in [-0.25, -0.2) is 4.98 Å². The number of nitrogens with two attached hydrogens (primary N) is 1. The summed E-state index contributed by atoms with van der Waals surface area (Å²) in [5, 5.41) is 12.5. The molecule has 0 radical (unpaired) electrons. The molecule has 0 aromatic carbocycles. The van der Waals surface area contributed by atoms with E-state index in [9.17, 15) is 0 Å². The molecule has 0 fully saturated rings. The van der Waals surface area contributed by atoms with Crippen LogP contribution in [-0.4, -0.2) is 28.2 Å². The van der Waals surface area contributed by atoms with Crippen LogP contribution in [-0.2, 0) is 0 Å². The van der Waals surface area contributed by atoms with Gasteiger partial charge in [0.15, 0.2) is 0 Å². The van der Waals surface area contributed by atoms with Gasteiger partial charge >= 0.3 is 0 Å². The fourth-order valence-electron chi connectivity index (χ4n) is 0.884. The van der Waals surface area contributed by atoms with E-state index < -0.39 is 0 Å². The Morgan fingerprint density at radius 1 is 1.60 bits per heavy atom. The highest BCUT2D eigenvalue weighted by atomic mass is 35.5. The van der Waals surface area contributed by atoms with Crippen LogP contribution in [0.3, 0.4) is 0 Å². The fourth-order valence-corrected chi connectivity index (χ4v) is 1.04. The molecule has 0 unspecified atom stereocenters. The number of hydrogen-bond donors (Lipinski definition) is 3. The number of aliphatic hydroxyl groups is 1. The van der Waals surface area contributed by atoms with E-state index in [1.54, 1.807) is 0 Å². The second-order valence-electron chi connectivity index (χ2n) is 4.10. The third kappa shape index (κ3) is 3.53. The van der Waals surface area contributed by atoms with Crippen molar-refractivity contribution in [3.05, 3.63) is 11.2 Å². The Hall–Kier alpha value is -1.07. The Balaban J connectivity index is 2.69. The highest BCUT2D eigenvalue weighted by molar-refractivity contribution is 6.32. The minimum atomic E-state index is -0.233. The van der Waals surface area contributed by atoms with Gasteiger partial charge in [0, 0.05) is 18.6 Å². The first-order chi connectivity index (χ1) is 6.94. The minimum absolute atomic E-state index is 0.0815. The largest absolute Gasteiger partial charge is 0.396 e. The average Bonchev–Trinajstić information content (AvgIpc) is 2.20. The normalized spacial score (nSPS) is 11.5. The van der Waals surface area contributed by atoms with Crippen molar-refractivity contribution in [3.63, 3.8) is 0 Å². The predicted molar refractivity (Wildman–Crippen MR) is 60.8 cm³/mol. The molecule has 0 amide bonds. The molecule has 0 spiro atoms. The second-order valence-corrected chi connectivity index (χ2v) is 4.51. The number of aliphatic hydroxyl groups excluding tert-OH is 1. The zero-order chi connectivity index (χ0) is 11.5. The zero-order valence-electron chi connectivity index (χ0n) is 8.79. The third-order valence-electron chi connectivity index (χ3n) is 1.93. The van der Waals surface area contributed by atoms with Gasteiger partial charge in [0.1, 0.15) is 10.8 Å². The van der Waals surface area contributed by atoms with Crippen LogP contribution in [0.5, 0.6) is 0 Å². The van der Waals surface area contributed by atoms with Crippen molar-refractivity contribution in [2.24, 2.45) is 5.41 Å². The summed E-state index contributed by atoms with van der Waals surface area (Å²) >= 11 is 5.86. The van der Waals surface area contributed by atoms with E-state index in [1.165, 1.54) is 6.20 Å². The smallest absolute Gasteiger partial charge is 0.222 e. The molecule has 5 nitrogen and oxygen atoms in total. The lowest BCUT2D eigenvalue weighted by Gasteiger charge is -2.22. The zero-order valence-corrected chi connectivity index (χ0v) is 9.54. The molecule has 0 saturated heterocycles. The molecule has 15 heavy (non-hydrogen) atoms. The summed E-state index contributed by atoms with van der Waals surface area (Å²) in [6.07, 6.45) is 1.44. The van der Waals surface area contributed by atoms with Gasteiger partial charge in [-0.2, -0.15) is 4.98 Å². The van der Waals surface area contributed by atoms with Crippen LogP contribution in [0.15, 0.2) is 6.20 Å². The van der Waals surface area contributed by atoms with Crippen molar-refractivity contribution in [2.75, 3.05) is 24.2 Å². The van der Waals surface area contributed by atoms with E-state index >= 15 is 0 Å². The topological polar surface area (TPSA) is 84.1 Å². The van der Waals surface area contributed by atoms with E-state index in [4.69, 9.17) is 22.4 Å². The molecule has 0 aliphatic heterocycles. The van der Waals surface area contributed by atoms with Crippen LogP contribution in [0.25, 0.3) is 0 Å². The van der Waals surface area contributed by atoms with Gasteiger partial charge in [-0.3, -0.25) is 0 Å². The van der Waals surface area contributed by atoms with Crippen LogP contribution in [0.4, 0.5) is 11.8 Å². The number of halogens is 1. The van der Waals surface area contributed by atoms with Crippen molar-refractivity contribution < 1.29 is 5.11 Å². The van der Waals surface area contributed by atoms with Gasteiger partial charge in [-0.05, 0) is 0 Å². The van der Waals surface area contributed by atoms with Crippen LogP contribution in [0.1, 0.15) is 13.8 Å². The van der Waals surface area contributed by atoms with Crippen LogP contribution < -0.4 is 11.1 Å². The molecule has 0 bridgehead atoms. The second kappa shape index (κ2) is 4.63. The SMILES string of the molecule is CC(C)(CO)CNc1nc(N)ncc1Cl. The summed E-state index contributed by atoms with van der Waals surface area (Å²) in [4.78, 5) is 7.70. The Kier molecular flexibility index (Phi) is 3.71. The van der Waals surface area contributed by atoms with Gasteiger partial charge < -0.3 is 16.2 Å². The van der Waals surface area contributed by atoms with Crippen LogP contribution in [0, 0.1) is 5.41 Å². The summed E-state index contributed by atoms with van der Waals surface area (Å²) in [6, 6.07) is 0. The molecule has 6 heteroatoms. The molecule has 0 aliphatic rings. The van der Waals surface area contributed by atoms with E-state index in [0.717, 1.165) is 0 Å². The summed E-state index contributed by atoms with van der Waals surface area (Å²) in [6.45, 7) is 4.49. The lowest BCUT2D eigenvalue weighted by molar-refractivity contribution is 0.170. The molecule has 1 heterocycles. The lowest BCUT2D eigenvalue weighted by Crippen LogP contribution is -2.27. The molecule has 0 aliphatic carbocycles. The van der Waals surface area contributed by atoms with E-state index in [1.807, 2.05) is 13.8 Å². The average molecular weight is 231 g/mol.